The van der Waals surface area contributed by atoms with E-state index >= 15 is 0 Å². The minimum absolute atomic E-state index is 0.733. The summed E-state index contributed by atoms with van der Waals surface area (Å²) in [5.41, 5.74) is 3.03. The Morgan fingerprint density at radius 1 is 1.00 bits per heavy atom. The molecular formula is C17H27N3. The lowest BCUT2D eigenvalue weighted by Gasteiger charge is -2.46. The molecule has 0 radical (unpaired) electrons. The summed E-state index contributed by atoms with van der Waals surface area (Å²) in [5.74, 6) is 0. The van der Waals surface area contributed by atoms with Gasteiger partial charge >= 0.3 is 0 Å². The standard InChI is InChI=1S/C17H27N3/c1-3-15-6-4-5-7-16(15)12-19-9-11-20-10-8-18(2)13-17(20)14-19/h4-7,17H,3,8-14H2,1-2H3/t17-/m0/s1. The van der Waals surface area contributed by atoms with Gasteiger partial charge in [-0.25, -0.2) is 0 Å². The minimum atomic E-state index is 0.733. The molecule has 1 aromatic carbocycles. The first kappa shape index (κ1) is 14.1. The van der Waals surface area contributed by atoms with Gasteiger partial charge in [0.2, 0.25) is 0 Å². The Labute approximate surface area is 123 Å². The molecule has 2 aliphatic rings. The van der Waals surface area contributed by atoms with E-state index in [0.29, 0.717) is 0 Å². The Morgan fingerprint density at radius 2 is 1.75 bits per heavy atom. The molecule has 110 valence electrons. The van der Waals surface area contributed by atoms with Crippen molar-refractivity contribution in [3.05, 3.63) is 35.4 Å². The third-order valence-corrected chi connectivity index (χ3v) is 4.87. The van der Waals surface area contributed by atoms with Crippen LogP contribution in [-0.2, 0) is 13.0 Å². The lowest BCUT2D eigenvalue weighted by atomic mass is 10.0. The average molecular weight is 273 g/mol. The first-order valence-electron chi connectivity index (χ1n) is 7.98. The molecule has 0 bridgehead atoms. The smallest absolute Gasteiger partial charge is 0.0351 e. The summed E-state index contributed by atoms with van der Waals surface area (Å²) >= 11 is 0. The van der Waals surface area contributed by atoms with Gasteiger partial charge in [-0.2, -0.15) is 0 Å². The SMILES string of the molecule is CCc1ccccc1CN1CCN2CCN(C)C[C@H]2C1. The van der Waals surface area contributed by atoms with E-state index in [2.05, 4.69) is 52.9 Å². The summed E-state index contributed by atoms with van der Waals surface area (Å²) in [7, 11) is 2.25. The minimum Gasteiger partial charge on any atom is -0.303 e. The molecule has 3 heteroatoms. The highest BCUT2D eigenvalue weighted by atomic mass is 15.3. The van der Waals surface area contributed by atoms with Crippen LogP contribution in [0.2, 0.25) is 0 Å². The first-order valence-corrected chi connectivity index (χ1v) is 7.98. The number of fused-ring (bicyclic) bond motifs is 1. The summed E-state index contributed by atoms with van der Waals surface area (Å²) in [6.45, 7) is 10.8. The van der Waals surface area contributed by atoms with Crippen molar-refractivity contribution in [1.82, 2.24) is 14.7 Å². The van der Waals surface area contributed by atoms with Gasteiger partial charge in [0, 0.05) is 51.9 Å². The van der Waals surface area contributed by atoms with Crippen LogP contribution >= 0.6 is 0 Å². The Balaban J connectivity index is 1.64. The highest BCUT2D eigenvalue weighted by Gasteiger charge is 2.30. The van der Waals surface area contributed by atoms with Gasteiger partial charge in [-0.15, -0.1) is 0 Å². The lowest BCUT2D eigenvalue weighted by molar-refractivity contribution is 0.0174. The molecule has 1 aromatic rings. The molecule has 0 amide bonds. The third kappa shape index (κ3) is 3.05. The second-order valence-electron chi connectivity index (χ2n) is 6.31. The fourth-order valence-electron chi connectivity index (χ4n) is 3.62. The van der Waals surface area contributed by atoms with E-state index in [0.717, 1.165) is 19.0 Å². The van der Waals surface area contributed by atoms with Gasteiger partial charge < -0.3 is 4.90 Å². The molecule has 0 saturated carbocycles. The maximum atomic E-state index is 2.68. The monoisotopic (exact) mass is 273 g/mol. The molecular weight excluding hydrogens is 246 g/mol. The first-order chi connectivity index (χ1) is 9.76. The van der Waals surface area contributed by atoms with Crippen molar-refractivity contribution in [3.8, 4) is 0 Å². The predicted octanol–water partition coefficient (Wildman–Crippen LogP) is 1.68. The largest absolute Gasteiger partial charge is 0.303 e. The summed E-state index contributed by atoms with van der Waals surface area (Å²) in [5, 5.41) is 0. The molecule has 0 aromatic heterocycles. The number of piperazine rings is 2. The number of likely N-dealkylation sites (N-methyl/N-ethyl adjacent to an activating group) is 1. The molecule has 2 heterocycles. The van der Waals surface area contributed by atoms with Crippen molar-refractivity contribution in [2.75, 3.05) is 46.3 Å². The topological polar surface area (TPSA) is 9.72 Å². The average Bonchev–Trinajstić information content (AvgIpc) is 2.47. The Morgan fingerprint density at radius 3 is 2.55 bits per heavy atom. The Hall–Kier alpha value is -0.900. The molecule has 2 saturated heterocycles. The van der Waals surface area contributed by atoms with Crippen molar-refractivity contribution in [2.45, 2.75) is 25.9 Å². The second kappa shape index (κ2) is 6.25. The zero-order valence-corrected chi connectivity index (χ0v) is 12.9. The molecule has 2 aliphatic heterocycles. The van der Waals surface area contributed by atoms with E-state index in [1.165, 1.54) is 50.4 Å². The van der Waals surface area contributed by atoms with Gasteiger partial charge in [-0.3, -0.25) is 9.80 Å². The predicted molar refractivity (Wildman–Crippen MR) is 84.0 cm³/mol. The van der Waals surface area contributed by atoms with Crippen LogP contribution in [0.1, 0.15) is 18.1 Å². The van der Waals surface area contributed by atoms with E-state index < -0.39 is 0 Å². The van der Waals surface area contributed by atoms with Crippen molar-refractivity contribution >= 4 is 0 Å². The number of aryl methyl sites for hydroxylation is 1. The third-order valence-electron chi connectivity index (χ3n) is 4.87. The zero-order chi connectivity index (χ0) is 13.9. The second-order valence-corrected chi connectivity index (χ2v) is 6.31. The van der Waals surface area contributed by atoms with E-state index in [9.17, 15) is 0 Å². The summed E-state index contributed by atoms with van der Waals surface area (Å²) in [4.78, 5) is 7.81. The maximum Gasteiger partial charge on any atom is 0.0351 e. The van der Waals surface area contributed by atoms with E-state index in [4.69, 9.17) is 0 Å². The molecule has 0 aliphatic carbocycles. The van der Waals surface area contributed by atoms with Crippen molar-refractivity contribution in [1.29, 1.82) is 0 Å². The van der Waals surface area contributed by atoms with Gasteiger partial charge in [0.15, 0.2) is 0 Å². The molecule has 0 spiro atoms. The van der Waals surface area contributed by atoms with Crippen LogP contribution in [0.15, 0.2) is 24.3 Å². The van der Waals surface area contributed by atoms with Gasteiger partial charge in [-0.05, 0) is 24.6 Å². The van der Waals surface area contributed by atoms with Crippen LogP contribution in [0.3, 0.4) is 0 Å². The van der Waals surface area contributed by atoms with Crippen LogP contribution in [0, 0.1) is 0 Å². The van der Waals surface area contributed by atoms with Crippen molar-refractivity contribution in [3.63, 3.8) is 0 Å². The number of nitrogens with zero attached hydrogens (tertiary/aromatic N) is 3. The Kier molecular flexibility index (Phi) is 4.39. The normalized spacial score (nSPS) is 25.6. The number of rotatable bonds is 3. The molecule has 1 atom stereocenters. The molecule has 3 nitrogen and oxygen atoms in total. The van der Waals surface area contributed by atoms with Crippen LogP contribution in [0.4, 0.5) is 0 Å². The number of hydrogen-bond donors (Lipinski definition) is 0. The van der Waals surface area contributed by atoms with Gasteiger partial charge in [0.1, 0.15) is 0 Å². The highest BCUT2D eigenvalue weighted by Crippen LogP contribution is 2.18. The van der Waals surface area contributed by atoms with Crippen molar-refractivity contribution < 1.29 is 0 Å². The lowest BCUT2D eigenvalue weighted by Crippen LogP contribution is -2.61. The van der Waals surface area contributed by atoms with Crippen LogP contribution in [0.5, 0.6) is 0 Å². The zero-order valence-electron chi connectivity index (χ0n) is 12.9. The van der Waals surface area contributed by atoms with Crippen molar-refractivity contribution in [2.24, 2.45) is 0 Å². The van der Waals surface area contributed by atoms with E-state index in [1.54, 1.807) is 0 Å². The molecule has 2 fully saturated rings. The molecule has 0 unspecified atom stereocenters. The van der Waals surface area contributed by atoms with Gasteiger partial charge in [0.05, 0.1) is 0 Å². The van der Waals surface area contributed by atoms with Gasteiger partial charge in [-0.1, -0.05) is 31.2 Å². The van der Waals surface area contributed by atoms with E-state index in [-0.39, 0.29) is 0 Å². The number of hydrogen-bond acceptors (Lipinski definition) is 3. The summed E-state index contributed by atoms with van der Waals surface area (Å²) in [6.07, 6.45) is 1.14. The number of benzene rings is 1. The van der Waals surface area contributed by atoms with E-state index in [1.807, 2.05) is 0 Å². The fraction of sp³-hybridized carbons (Fsp3) is 0.647. The van der Waals surface area contributed by atoms with Crippen LogP contribution < -0.4 is 0 Å². The fourth-order valence-corrected chi connectivity index (χ4v) is 3.62. The highest BCUT2D eigenvalue weighted by molar-refractivity contribution is 5.27. The molecule has 3 rings (SSSR count). The Bertz CT molecular complexity index is 446. The molecule has 0 N–H and O–H groups in total. The summed E-state index contributed by atoms with van der Waals surface area (Å²) < 4.78 is 0. The van der Waals surface area contributed by atoms with Crippen LogP contribution in [0.25, 0.3) is 0 Å². The van der Waals surface area contributed by atoms with Gasteiger partial charge in [0.25, 0.3) is 0 Å². The maximum absolute atomic E-state index is 2.68. The summed E-state index contributed by atoms with van der Waals surface area (Å²) in [6, 6.07) is 9.66. The van der Waals surface area contributed by atoms with Crippen LogP contribution in [-0.4, -0.2) is 67.1 Å². The quantitative estimate of drug-likeness (QED) is 0.829. The molecule has 20 heavy (non-hydrogen) atoms.